The molecule has 0 saturated heterocycles. The lowest BCUT2D eigenvalue weighted by molar-refractivity contribution is -0.863. The Morgan fingerprint density at radius 3 is 1.19 bits per heavy atom. The third-order valence-corrected chi connectivity index (χ3v) is 10.9. The van der Waals surface area contributed by atoms with Crippen molar-refractivity contribution in [2.75, 3.05) is 34.9 Å². The molecular weight excluding hydrogens is 402 g/mol. The Kier molecular flexibility index (Phi) is 19.6. The summed E-state index contributed by atoms with van der Waals surface area (Å²) in [6.07, 6.45) is 23.5. The molecule has 188 valence electrons. The van der Waals surface area contributed by atoms with Crippen LogP contribution in [0.2, 0.25) is 0 Å². The number of hydrogen-bond donors (Lipinski definition) is 0. The Labute approximate surface area is 197 Å². The van der Waals surface area contributed by atoms with Crippen molar-refractivity contribution in [2.24, 2.45) is 0 Å². The Morgan fingerprint density at radius 1 is 0.581 bits per heavy atom. The molecule has 0 aromatic rings. The molecule has 0 aromatic heterocycles. The van der Waals surface area contributed by atoms with Crippen LogP contribution in [-0.2, 0) is 13.3 Å². The van der Waals surface area contributed by atoms with Crippen molar-refractivity contribution in [1.29, 1.82) is 0 Å². The zero-order valence-electron chi connectivity index (χ0n) is 22.5. The van der Waals surface area contributed by atoms with E-state index in [0.29, 0.717) is 6.04 Å². The van der Waals surface area contributed by atoms with E-state index in [9.17, 15) is 0 Å². The molecule has 0 saturated carbocycles. The molecule has 0 amide bonds. The van der Waals surface area contributed by atoms with Crippen LogP contribution in [0, 0.1) is 0 Å². The van der Waals surface area contributed by atoms with Crippen molar-refractivity contribution in [3.8, 4) is 0 Å². The zero-order valence-corrected chi connectivity index (χ0v) is 23.5. The third kappa shape index (κ3) is 11.7. The summed E-state index contributed by atoms with van der Waals surface area (Å²) < 4.78 is 18.4. The van der Waals surface area contributed by atoms with Crippen molar-refractivity contribution in [3.05, 3.63) is 0 Å². The van der Waals surface area contributed by atoms with Gasteiger partial charge < -0.3 is 17.4 Å². The molecule has 0 aliphatic rings. The summed E-state index contributed by atoms with van der Waals surface area (Å²) in [5.74, 6) is 0. The molecule has 4 nitrogen and oxygen atoms in total. The molecule has 0 aliphatic carbocycles. The van der Waals surface area contributed by atoms with Gasteiger partial charge in [-0.15, -0.1) is 0 Å². The molecule has 0 bridgehead atoms. The molecule has 0 fully saturated rings. The first kappa shape index (κ1) is 31.1. The highest BCUT2D eigenvalue weighted by atomic mass is 28.4. The molecule has 0 rings (SSSR count). The largest absolute Gasteiger partial charge is 0.783 e. The van der Waals surface area contributed by atoms with Crippen LogP contribution in [-0.4, -0.2) is 54.1 Å². The molecule has 31 heavy (non-hydrogen) atoms. The van der Waals surface area contributed by atoms with E-state index in [1.807, 2.05) is 0 Å². The molecule has 0 N–H and O–H groups in total. The maximum Gasteiger partial charge on any atom is 0.783 e. The topological polar surface area (TPSA) is 27.7 Å². The molecule has 5 heteroatoms. The molecule has 0 heterocycles. The van der Waals surface area contributed by atoms with Gasteiger partial charge in [0.1, 0.15) is 0 Å². The number of nitrogens with zero attached hydrogens (tertiary/aromatic N) is 1. The average Bonchev–Trinajstić information content (AvgIpc) is 2.79. The molecular formula is C26H58NO3Si+. The van der Waals surface area contributed by atoms with Gasteiger partial charge in [0.2, 0.25) is 0 Å². The van der Waals surface area contributed by atoms with Crippen LogP contribution in [0.15, 0.2) is 0 Å². The zero-order chi connectivity index (χ0) is 23.4. The highest BCUT2D eigenvalue weighted by Crippen LogP contribution is 2.28. The predicted octanol–water partition coefficient (Wildman–Crippen LogP) is 7.87. The SMILES string of the molecule is CCCCCCCCCCCCCCCCCC[N+](C)(C(C)CC)[Si](OC)(OC)OC. The Balaban J connectivity index is 3.86. The van der Waals surface area contributed by atoms with Crippen molar-refractivity contribution >= 4 is 8.97 Å². The average molecular weight is 461 g/mol. The van der Waals surface area contributed by atoms with Crippen LogP contribution in [0.1, 0.15) is 130 Å². The summed E-state index contributed by atoms with van der Waals surface area (Å²) in [5.41, 5.74) is 0. The van der Waals surface area contributed by atoms with Crippen molar-refractivity contribution in [1.82, 2.24) is 0 Å². The van der Waals surface area contributed by atoms with E-state index in [4.69, 9.17) is 13.3 Å². The van der Waals surface area contributed by atoms with Crippen molar-refractivity contribution in [2.45, 2.75) is 136 Å². The van der Waals surface area contributed by atoms with Crippen LogP contribution in [0.5, 0.6) is 0 Å². The minimum atomic E-state index is -2.73. The second kappa shape index (κ2) is 19.5. The van der Waals surface area contributed by atoms with Gasteiger partial charge in [-0.05, 0) is 26.2 Å². The summed E-state index contributed by atoms with van der Waals surface area (Å²) in [7, 11) is 4.76. The van der Waals surface area contributed by atoms with E-state index in [2.05, 4.69) is 27.8 Å². The van der Waals surface area contributed by atoms with E-state index in [0.717, 1.165) is 17.1 Å². The standard InChI is InChI=1S/C26H58NO3Si/c1-8-10-11-12-13-14-15-16-17-18-19-20-21-22-23-24-25-27(4,26(3)9-2)31(28-5,29-6)30-7/h26H,8-25H2,1-7H3/q+1. The molecule has 2 unspecified atom stereocenters. The second-order valence-corrected chi connectivity index (χ2v) is 13.0. The fourth-order valence-corrected chi connectivity index (χ4v) is 7.80. The van der Waals surface area contributed by atoms with Gasteiger partial charge in [-0.3, -0.25) is 0 Å². The monoisotopic (exact) mass is 460 g/mol. The Hall–Kier alpha value is 0.0569. The Bertz CT molecular complexity index is 385. The second-order valence-electron chi connectivity index (χ2n) is 9.69. The highest BCUT2D eigenvalue weighted by molar-refractivity contribution is 6.52. The van der Waals surface area contributed by atoms with E-state index in [-0.39, 0.29) is 0 Å². The number of quaternary nitrogens is 1. The van der Waals surface area contributed by atoms with Gasteiger partial charge in [0.15, 0.2) is 0 Å². The lowest BCUT2D eigenvalue weighted by Crippen LogP contribution is -2.73. The number of rotatable bonds is 23. The lowest BCUT2D eigenvalue weighted by Gasteiger charge is -2.47. The van der Waals surface area contributed by atoms with Gasteiger partial charge >= 0.3 is 8.97 Å². The van der Waals surface area contributed by atoms with Gasteiger partial charge in [-0.1, -0.05) is 104 Å². The number of unbranched alkanes of at least 4 members (excludes halogenated alkanes) is 15. The van der Waals surface area contributed by atoms with Crippen LogP contribution >= 0.6 is 0 Å². The minimum Gasteiger partial charge on any atom is -0.328 e. The summed E-state index contributed by atoms with van der Waals surface area (Å²) in [6.45, 7) is 7.90. The smallest absolute Gasteiger partial charge is 0.328 e. The molecule has 0 spiro atoms. The van der Waals surface area contributed by atoms with Gasteiger partial charge in [0.25, 0.3) is 0 Å². The van der Waals surface area contributed by atoms with Crippen molar-refractivity contribution < 1.29 is 17.4 Å². The molecule has 0 radical (unpaired) electrons. The predicted molar refractivity (Wildman–Crippen MR) is 137 cm³/mol. The first-order valence-electron chi connectivity index (χ1n) is 13.5. The van der Waals surface area contributed by atoms with E-state index in [1.54, 1.807) is 21.3 Å². The minimum absolute atomic E-state index is 0.461. The van der Waals surface area contributed by atoms with Gasteiger partial charge in [0, 0.05) is 21.3 Å². The number of hydrogen-bond acceptors (Lipinski definition) is 3. The maximum absolute atomic E-state index is 5.87. The first-order valence-corrected chi connectivity index (χ1v) is 15.2. The van der Waals surface area contributed by atoms with Crippen LogP contribution in [0.4, 0.5) is 0 Å². The van der Waals surface area contributed by atoms with E-state index < -0.39 is 8.97 Å². The fourth-order valence-electron chi connectivity index (χ4n) is 4.89. The van der Waals surface area contributed by atoms with Crippen LogP contribution in [0.25, 0.3) is 0 Å². The van der Waals surface area contributed by atoms with E-state index >= 15 is 0 Å². The Morgan fingerprint density at radius 2 is 0.903 bits per heavy atom. The molecule has 2 atom stereocenters. The summed E-state index contributed by atoms with van der Waals surface area (Å²) in [5, 5.41) is 0. The van der Waals surface area contributed by atoms with E-state index in [1.165, 1.54) is 103 Å². The molecule has 0 aromatic carbocycles. The van der Waals surface area contributed by atoms with Crippen LogP contribution < -0.4 is 0 Å². The van der Waals surface area contributed by atoms with Gasteiger partial charge in [0.05, 0.1) is 19.6 Å². The lowest BCUT2D eigenvalue weighted by atomic mass is 10.0. The fraction of sp³-hybridized carbons (Fsp3) is 1.00. The summed E-state index contributed by atoms with van der Waals surface area (Å²) in [6, 6.07) is 0.461. The van der Waals surface area contributed by atoms with Gasteiger partial charge in [-0.2, -0.15) is 0 Å². The molecule has 0 aliphatic heterocycles. The summed E-state index contributed by atoms with van der Waals surface area (Å²) in [4.78, 5) is 0. The quantitative estimate of drug-likeness (QED) is 0.115. The van der Waals surface area contributed by atoms with Crippen molar-refractivity contribution in [3.63, 3.8) is 0 Å². The third-order valence-electron chi connectivity index (χ3n) is 7.44. The highest BCUT2D eigenvalue weighted by Gasteiger charge is 2.63. The maximum atomic E-state index is 5.87. The van der Waals surface area contributed by atoms with Gasteiger partial charge in [-0.25, -0.2) is 0 Å². The van der Waals surface area contributed by atoms with Crippen LogP contribution in [0.3, 0.4) is 0 Å². The summed E-state index contributed by atoms with van der Waals surface area (Å²) >= 11 is 0. The normalized spacial score (nSPS) is 15.2. The first-order chi connectivity index (χ1) is 15.0.